The Hall–Kier alpha value is -1.68. The number of imidazole rings is 1. The number of nitrogens with zero attached hydrogens (tertiary/aromatic N) is 3. The summed E-state index contributed by atoms with van der Waals surface area (Å²) in [6, 6.07) is 9.86. The molecule has 78 valence electrons. The van der Waals surface area contributed by atoms with E-state index < -0.39 is 0 Å². The molecule has 3 aromatic heterocycles. The Balaban J connectivity index is 2.23. The van der Waals surface area contributed by atoms with Crippen molar-refractivity contribution in [2.45, 2.75) is 0 Å². The van der Waals surface area contributed by atoms with Crippen molar-refractivity contribution in [1.29, 1.82) is 0 Å². The minimum absolute atomic E-state index is 0.932. The molecule has 0 amide bonds. The molecule has 0 unspecified atom stereocenters. The van der Waals surface area contributed by atoms with Crippen LogP contribution >= 0.6 is 15.9 Å². The quantitative estimate of drug-likeness (QED) is 0.638. The number of hydrogen-bond donors (Lipinski definition) is 0. The van der Waals surface area contributed by atoms with Crippen LogP contribution in [0.5, 0.6) is 0 Å². The van der Waals surface area contributed by atoms with Crippen LogP contribution in [-0.2, 0) is 0 Å². The molecule has 3 heterocycles. The summed E-state index contributed by atoms with van der Waals surface area (Å²) in [7, 11) is 0. The van der Waals surface area contributed by atoms with Crippen LogP contribution in [0.3, 0.4) is 0 Å². The highest BCUT2D eigenvalue weighted by Crippen LogP contribution is 2.21. The molecule has 0 atom stereocenters. The second-order valence-electron chi connectivity index (χ2n) is 3.44. The molecule has 0 aromatic carbocycles. The van der Waals surface area contributed by atoms with Gasteiger partial charge < -0.3 is 0 Å². The summed E-state index contributed by atoms with van der Waals surface area (Å²) in [5.41, 5.74) is 2.96. The highest BCUT2D eigenvalue weighted by atomic mass is 79.9. The van der Waals surface area contributed by atoms with E-state index in [-0.39, 0.29) is 0 Å². The van der Waals surface area contributed by atoms with Crippen molar-refractivity contribution in [3.63, 3.8) is 0 Å². The lowest BCUT2D eigenvalue weighted by atomic mass is 10.2. The van der Waals surface area contributed by atoms with Crippen LogP contribution < -0.4 is 0 Å². The van der Waals surface area contributed by atoms with Crippen LogP contribution in [0.2, 0.25) is 0 Å². The number of aromatic nitrogens is 3. The lowest BCUT2D eigenvalue weighted by molar-refractivity contribution is 1.14. The lowest BCUT2D eigenvalue weighted by Crippen LogP contribution is -1.82. The van der Waals surface area contributed by atoms with Crippen LogP contribution in [0.15, 0.2) is 53.5 Å². The molecule has 0 aliphatic rings. The Morgan fingerprint density at radius 1 is 1.06 bits per heavy atom. The SMILES string of the molecule is Brc1cccc2nc(-c3ccncc3)cn12. The molecule has 0 saturated heterocycles. The van der Waals surface area contributed by atoms with Crippen LogP contribution in [0.1, 0.15) is 0 Å². The predicted octanol–water partition coefficient (Wildman–Crippen LogP) is 3.16. The Labute approximate surface area is 101 Å². The molecular weight excluding hydrogens is 266 g/mol. The number of halogens is 1. The van der Waals surface area contributed by atoms with E-state index in [0.29, 0.717) is 0 Å². The standard InChI is InChI=1S/C12H8BrN3/c13-11-2-1-3-12-15-10(8-16(11)12)9-4-6-14-7-5-9/h1-8H. The monoisotopic (exact) mass is 273 g/mol. The minimum Gasteiger partial charge on any atom is -0.293 e. The van der Waals surface area contributed by atoms with E-state index in [1.807, 2.05) is 40.9 Å². The third-order valence-corrected chi connectivity index (χ3v) is 3.06. The first kappa shape index (κ1) is 9.54. The summed E-state index contributed by atoms with van der Waals surface area (Å²) < 4.78 is 3.01. The van der Waals surface area contributed by atoms with Gasteiger partial charge in [0.1, 0.15) is 5.65 Å². The van der Waals surface area contributed by atoms with E-state index in [1.54, 1.807) is 12.4 Å². The van der Waals surface area contributed by atoms with Crippen molar-refractivity contribution in [2.24, 2.45) is 0 Å². The molecule has 0 fully saturated rings. The van der Waals surface area contributed by atoms with Gasteiger partial charge in [-0.3, -0.25) is 9.38 Å². The van der Waals surface area contributed by atoms with E-state index in [2.05, 4.69) is 25.9 Å². The van der Waals surface area contributed by atoms with Crippen molar-refractivity contribution < 1.29 is 0 Å². The summed E-state index contributed by atoms with van der Waals surface area (Å²) in [5, 5.41) is 0. The number of pyridine rings is 2. The molecule has 0 bridgehead atoms. The van der Waals surface area contributed by atoms with Crippen LogP contribution in [-0.4, -0.2) is 14.4 Å². The van der Waals surface area contributed by atoms with E-state index in [0.717, 1.165) is 21.5 Å². The summed E-state index contributed by atoms with van der Waals surface area (Å²) in [5.74, 6) is 0. The topological polar surface area (TPSA) is 30.2 Å². The van der Waals surface area contributed by atoms with Crippen molar-refractivity contribution >= 4 is 21.6 Å². The molecule has 3 aromatic rings. The first-order valence-electron chi connectivity index (χ1n) is 4.88. The fourth-order valence-electron chi connectivity index (χ4n) is 1.64. The molecule has 0 saturated carbocycles. The zero-order chi connectivity index (χ0) is 11.0. The van der Waals surface area contributed by atoms with Crippen molar-refractivity contribution in [3.05, 3.63) is 53.5 Å². The van der Waals surface area contributed by atoms with Gasteiger partial charge in [0.2, 0.25) is 0 Å². The summed E-state index contributed by atoms with van der Waals surface area (Å²) in [6.07, 6.45) is 5.55. The number of hydrogen-bond acceptors (Lipinski definition) is 2. The van der Waals surface area contributed by atoms with Gasteiger partial charge in [0.05, 0.1) is 10.3 Å². The molecule has 0 aliphatic carbocycles. The van der Waals surface area contributed by atoms with Gasteiger partial charge in [0.25, 0.3) is 0 Å². The van der Waals surface area contributed by atoms with Crippen LogP contribution in [0.25, 0.3) is 16.9 Å². The number of rotatable bonds is 1. The maximum atomic E-state index is 4.55. The maximum Gasteiger partial charge on any atom is 0.138 e. The van der Waals surface area contributed by atoms with E-state index in [9.17, 15) is 0 Å². The van der Waals surface area contributed by atoms with Gasteiger partial charge in [-0.25, -0.2) is 4.98 Å². The fraction of sp³-hybridized carbons (Fsp3) is 0. The molecule has 0 radical (unpaired) electrons. The average molecular weight is 274 g/mol. The first-order chi connectivity index (χ1) is 7.84. The summed E-state index contributed by atoms with van der Waals surface area (Å²) in [6.45, 7) is 0. The molecule has 3 rings (SSSR count). The van der Waals surface area contributed by atoms with E-state index >= 15 is 0 Å². The Bertz CT molecular complexity index is 631. The molecule has 0 spiro atoms. The summed E-state index contributed by atoms with van der Waals surface area (Å²) >= 11 is 3.49. The predicted molar refractivity (Wildman–Crippen MR) is 66.1 cm³/mol. The van der Waals surface area contributed by atoms with Gasteiger partial charge in [-0.2, -0.15) is 0 Å². The number of fused-ring (bicyclic) bond motifs is 1. The van der Waals surface area contributed by atoms with E-state index in [4.69, 9.17) is 0 Å². The average Bonchev–Trinajstić information content (AvgIpc) is 2.76. The second-order valence-corrected chi connectivity index (χ2v) is 4.25. The van der Waals surface area contributed by atoms with Crippen molar-refractivity contribution in [3.8, 4) is 11.3 Å². The third kappa shape index (κ3) is 1.51. The smallest absolute Gasteiger partial charge is 0.138 e. The zero-order valence-corrected chi connectivity index (χ0v) is 9.92. The summed E-state index contributed by atoms with van der Waals surface area (Å²) in [4.78, 5) is 8.55. The highest BCUT2D eigenvalue weighted by Gasteiger charge is 2.04. The normalized spacial score (nSPS) is 10.8. The Morgan fingerprint density at radius 3 is 2.62 bits per heavy atom. The largest absolute Gasteiger partial charge is 0.293 e. The lowest BCUT2D eigenvalue weighted by Gasteiger charge is -1.94. The van der Waals surface area contributed by atoms with Gasteiger partial charge in [-0.15, -0.1) is 0 Å². The Kier molecular flexibility index (Phi) is 2.22. The third-order valence-electron chi connectivity index (χ3n) is 2.42. The highest BCUT2D eigenvalue weighted by molar-refractivity contribution is 9.10. The first-order valence-corrected chi connectivity index (χ1v) is 5.68. The second kappa shape index (κ2) is 3.72. The minimum atomic E-state index is 0.932. The van der Waals surface area contributed by atoms with Crippen molar-refractivity contribution in [1.82, 2.24) is 14.4 Å². The van der Waals surface area contributed by atoms with Crippen LogP contribution in [0.4, 0.5) is 0 Å². The molecule has 4 heteroatoms. The van der Waals surface area contributed by atoms with Gasteiger partial charge in [0.15, 0.2) is 0 Å². The van der Waals surface area contributed by atoms with Gasteiger partial charge in [0, 0.05) is 24.2 Å². The Morgan fingerprint density at radius 2 is 1.88 bits per heavy atom. The fourth-order valence-corrected chi connectivity index (χ4v) is 2.08. The van der Waals surface area contributed by atoms with E-state index in [1.165, 1.54) is 0 Å². The van der Waals surface area contributed by atoms with Gasteiger partial charge in [-0.1, -0.05) is 6.07 Å². The van der Waals surface area contributed by atoms with Crippen LogP contribution in [0, 0.1) is 0 Å². The van der Waals surface area contributed by atoms with Crippen molar-refractivity contribution in [2.75, 3.05) is 0 Å². The molecular formula is C12H8BrN3. The molecule has 16 heavy (non-hydrogen) atoms. The van der Waals surface area contributed by atoms with Gasteiger partial charge >= 0.3 is 0 Å². The zero-order valence-electron chi connectivity index (χ0n) is 8.34. The maximum absolute atomic E-state index is 4.55. The molecule has 0 aliphatic heterocycles. The molecule has 3 nitrogen and oxygen atoms in total. The van der Waals surface area contributed by atoms with Gasteiger partial charge in [-0.05, 0) is 40.2 Å². The molecule has 0 N–H and O–H groups in total.